The zero-order valence-corrected chi connectivity index (χ0v) is 12.1. The largest absolute Gasteiger partial charge is 0.317 e. The molecular formula is C14H23BrN2. The fourth-order valence-electron chi connectivity index (χ4n) is 1.69. The molecule has 2 aliphatic heterocycles. The monoisotopic (exact) mass is 298 g/mol. The minimum absolute atomic E-state index is 0.660. The van der Waals surface area contributed by atoms with Crippen molar-refractivity contribution in [2.75, 3.05) is 38.1 Å². The van der Waals surface area contributed by atoms with Crippen LogP contribution < -0.4 is 5.32 Å². The molecule has 0 saturated carbocycles. The SMILES string of the molecule is C#CCBr.C#CCN1CCCC1.C1CCNC1. The standard InChI is InChI=1S/C7H11N.C4H9N.C3H3Br/c1-2-5-8-6-3-4-7-8;1-2-4-5-3-1;1-2-3-4/h1H,3-7H2;5H,1-4H2;1H,3H2. The molecule has 1 N–H and O–H groups in total. The van der Waals surface area contributed by atoms with E-state index in [9.17, 15) is 0 Å². The highest BCUT2D eigenvalue weighted by Crippen LogP contribution is 2.04. The number of nitrogens with zero attached hydrogens (tertiary/aromatic N) is 1. The van der Waals surface area contributed by atoms with Crippen LogP contribution in [0, 0.1) is 24.7 Å². The Morgan fingerprint density at radius 2 is 1.53 bits per heavy atom. The van der Waals surface area contributed by atoms with E-state index in [4.69, 9.17) is 12.8 Å². The maximum absolute atomic E-state index is 5.12. The van der Waals surface area contributed by atoms with E-state index >= 15 is 0 Å². The van der Waals surface area contributed by atoms with Gasteiger partial charge in [0.1, 0.15) is 0 Å². The summed E-state index contributed by atoms with van der Waals surface area (Å²) in [7, 11) is 0. The average molecular weight is 299 g/mol. The highest BCUT2D eigenvalue weighted by Gasteiger charge is 2.08. The summed E-state index contributed by atoms with van der Waals surface area (Å²) in [6.07, 6.45) is 15.3. The number of halogens is 1. The molecule has 0 amide bonds. The number of rotatable bonds is 1. The smallest absolute Gasteiger partial charge is 0.0642 e. The van der Waals surface area contributed by atoms with Gasteiger partial charge in [-0.2, -0.15) is 0 Å². The first-order chi connectivity index (χ1) is 8.35. The van der Waals surface area contributed by atoms with Crippen LogP contribution in [0.5, 0.6) is 0 Å². The summed E-state index contributed by atoms with van der Waals surface area (Å²) >= 11 is 3.01. The normalized spacial score (nSPS) is 18.1. The van der Waals surface area contributed by atoms with Crippen molar-refractivity contribution in [3.8, 4) is 24.7 Å². The fourth-order valence-corrected chi connectivity index (χ4v) is 1.69. The zero-order valence-electron chi connectivity index (χ0n) is 10.6. The summed E-state index contributed by atoms with van der Waals surface area (Å²) in [5.74, 6) is 4.98. The number of likely N-dealkylation sites (tertiary alicyclic amines) is 1. The molecule has 0 aromatic rings. The highest BCUT2D eigenvalue weighted by molar-refractivity contribution is 9.09. The molecule has 2 heterocycles. The second-order valence-electron chi connectivity index (χ2n) is 3.98. The predicted molar refractivity (Wildman–Crippen MR) is 79.2 cm³/mol. The second-order valence-corrected chi connectivity index (χ2v) is 4.54. The summed E-state index contributed by atoms with van der Waals surface area (Å²) in [6.45, 7) is 5.77. The second kappa shape index (κ2) is 13.6. The van der Waals surface area contributed by atoms with Crippen LogP contribution in [-0.4, -0.2) is 43.0 Å². The van der Waals surface area contributed by atoms with Crippen LogP contribution in [0.3, 0.4) is 0 Å². The van der Waals surface area contributed by atoms with E-state index in [1.165, 1.54) is 51.9 Å². The third-order valence-electron chi connectivity index (χ3n) is 2.55. The van der Waals surface area contributed by atoms with Crippen LogP contribution in [0.25, 0.3) is 0 Å². The Balaban J connectivity index is 0.000000246. The topological polar surface area (TPSA) is 15.3 Å². The summed E-state index contributed by atoms with van der Waals surface area (Å²) in [6, 6.07) is 0. The lowest BCUT2D eigenvalue weighted by atomic mass is 10.4. The maximum atomic E-state index is 5.12. The number of hydrogen-bond acceptors (Lipinski definition) is 2. The van der Waals surface area contributed by atoms with E-state index in [0.29, 0.717) is 5.33 Å². The van der Waals surface area contributed by atoms with Gasteiger partial charge in [-0.1, -0.05) is 27.8 Å². The van der Waals surface area contributed by atoms with Gasteiger partial charge in [-0.25, -0.2) is 0 Å². The number of alkyl halides is 1. The lowest BCUT2D eigenvalue weighted by Crippen LogP contribution is -2.18. The molecule has 0 unspecified atom stereocenters. The molecule has 2 fully saturated rings. The summed E-state index contributed by atoms with van der Waals surface area (Å²) in [5.41, 5.74) is 0. The Labute approximate surface area is 115 Å². The van der Waals surface area contributed by atoms with Gasteiger partial charge in [0.05, 0.1) is 11.9 Å². The molecule has 96 valence electrons. The van der Waals surface area contributed by atoms with Crippen LogP contribution in [0.15, 0.2) is 0 Å². The predicted octanol–water partition coefficient (Wildman–Crippen LogP) is 2.10. The minimum Gasteiger partial charge on any atom is -0.317 e. The molecule has 0 aromatic heterocycles. The molecule has 0 aliphatic carbocycles. The van der Waals surface area contributed by atoms with Crippen LogP contribution in [0.2, 0.25) is 0 Å². The van der Waals surface area contributed by atoms with Crippen molar-refractivity contribution in [1.29, 1.82) is 0 Å². The summed E-state index contributed by atoms with van der Waals surface area (Å²) < 4.78 is 0. The molecule has 0 bridgehead atoms. The molecule has 2 saturated heterocycles. The molecule has 2 aliphatic rings. The molecular weight excluding hydrogens is 276 g/mol. The molecule has 0 aromatic carbocycles. The maximum Gasteiger partial charge on any atom is 0.0642 e. The van der Waals surface area contributed by atoms with Gasteiger partial charge in [-0.3, -0.25) is 4.90 Å². The first-order valence-electron chi connectivity index (χ1n) is 6.21. The quantitative estimate of drug-likeness (QED) is 0.589. The Morgan fingerprint density at radius 3 is 1.82 bits per heavy atom. The zero-order chi connectivity index (χ0) is 12.8. The molecule has 0 radical (unpaired) electrons. The summed E-state index contributed by atoms with van der Waals surface area (Å²) in [5, 5.41) is 3.88. The van der Waals surface area contributed by atoms with Crippen molar-refractivity contribution in [3.05, 3.63) is 0 Å². The molecule has 0 atom stereocenters. The van der Waals surface area contributed by atoms with Gasteiger partial charge in [0.2, 0.25) is 0 Å². The van der Waals surface area contributed by atoms with Crippen molar-refractivity contribution in [2.24, 2.45) is 0 Å². The lowest BCUT2D eigenvalue weighted by molar-refractivity contribution is 0.383. The van der Waals surface area contributed by atoms with Crippen molar-refractivity contribution >= 4 is 15.9 Å². The van der Waals surface area contributed by atoms with Crippen LogP contribution in [0.4, 0.5) is 0 Å². The van der Waals surface area contributed by atoms with Crippen molar-refractivity contribution in [2.45, 2.75) is 25.7 Å². The first-order valence-corrected chi connectivity index (χ1v) is 7.33. The fraction of sp³-hybridized carbons (Fsp3) is 0.714. The molecule has 2 nitrogen and oxygen atoms in total. The van der Waals surface area contributed by atoms with E-state index in [-0.39, 0.29) is 0 Å². The Bertz CT molecular complexity index is 222. The van der Waals surface area contributed by atoms with E-state index in [0.717, 1.165) is 6.54 Å². The molecule has 17 heavy (non-hydrogen) atoms. The average Bonchev–Trinajstić information content (AvgIpc) is 3.05. The van der Waals surface area contributed by atoms with Gasteiger partial charge in [0.15, 0.2) is 0 Å². The molecule has 0 spiro atoms. The van der Waals surface area contributed by atoms with Crippen molar-refractivity contribution in [1.82, 2.24) is 10.2 Å². The third-order valence-corrected chi connectivity index (χ3v) is 2.87. The third kappa shape index (κ3) is 11.8. The Morgan fingerprint density at radius 1 is 1.00 bits per heavy atom. The number of terminal acetylenes is 2. The number of hydrogen-bond donors (Lipinski definition) is 1. The highest BCUT2D eigenvalue weighted by atomic mass is 79.9. The van der Waals surface area contributed by atoms with Gasteiger partial charge in [0, 0.05) is 0 Å². The van der Waals surface area contributed by atoms with Gasteiger partial charge in [-0.05, 0) is 51.9 Å². The van der Waals surface area contributed by atoms with E-state index in [1.807, 2.05) is 0 Å². The minimum atomic E-state index is 0.660. The van der Waals surface area contributed by atoms with Crippen molar-refractivity contribution in [3.63, 3.8) is 0 Å². The Kier molecular flexibility index (Phi) is 13.2. The van der Waals surface area contributed by atoms with E-state index < -0.39 is 0 Å². The van der Waals surface area contributed by atoms with Gasteiger partial charge >= 0.3 is 0 Å². The number of nitrogens with one attached hydrogen (secondary N) is 1. The lowest BCUT2D eigenvalue weighted by Gasteiger charge is -2.07. The first kappa shape index (κ1) is 16.5. The van der Waals surface area contributed by atoms with Crippen LogP contribution >= 0.6 is 15.9 Å². The molecule has 2 rings (SSSR count). The van der Waals surface area contributed by atoms with E-state index in [1.54, 1.807) is 0 Å². The Hall–Kier alpha value is -0.480. The van der Waals surface area contributed by atoms with Gasteiger partial charge < -0.3 is 5.32 Å². The van der Waals surface area contributed by atoms with Gasteiger partial charge in [-0.15, -0.1) is 12.8 Å². The summed E-state index contributed by atoms with van der Waals surface area (Å²) in [4.78, 5) is 2.31. The molecule has 3 heteroatoms. The van der Waals surface area contributed by atoms with Crippen LogP contribution in [-0.2, 0) is 0 Å². The van der Waals surface area contributed by atoms with E-state index in [2.05, 4.69) is 38.0 Å². The van der Waals surface area contributed by atoms with Crippen molar-refractivity contribution < 1.29 is 0 Å². The van der Waals surface area contributed by atoms with Gasteiger partial charge in [0.25, 0.3) is 0 Å². The van der Waals surface area contributed by atoms with Crippen LogP contribution in [0.1, 0.15) is 25.7 Å².